The second kappa shape index (κ2) is 5.46. The fraction of sp³-hybridized carbons (Fsp3) is 0.231. The largest absolute Gasteiger partial charge is 0.372 e. The Kier molecular flexibility index (Phi) is 3.51. The predicted octanol–water partition coefficient (Wildman–Crippen LogP) is 2.09. The van der Waals surface area contributed by atoms with Gasteiger partial charge in [-0.2, -0.15) is 5.10 Å². The average molecular weight is 286 g/mol. The highest BCUT2D eigenvalue weighted by Gasteiger charge is 2.10. The van der Waals surface area contributed by atoms with E-state index in [4.69, 9.17) is 0 Å². The lowest BCUT2D eigenvalue weighted by Gasteiger charge is -2.05. The summed E-state index contributed by atoms with van der Waals surface area (Å²) in [4.78, 5) is 14.3. The first-order valence-electron chi connectivity index (χ1n) is 6.17. The molecule has 0 spiro atoms. The van der Waals surface area contributed by atoms with Gasteiger partial charge in [-0.1, -0.05) is 0 Å². The molecule has 1 N–H and O–H groups in total. The fourth-order valence-electron chi connectivity index (χ4n) is 1.90. The number of hydrogen-bond acceptors (Lipinski definition) is 6. The lowest BCUT2D eigenvalue weighted by Crippen LogP contribution is -2.02. The smallest absolute Gasteiger partial charge is 0.163 e. The predicted molar refractivity (Wildman–Crippen MR) is 79.6 cm³/mol. The van der Waals surface area contributed by atoms with Crippen LogP contribution in [-0.2, 0) is 12.8 Å². The molecule has 6 nitrogen and oxygen atoms in total. The van der Waals surface area contributed by atoms with Crippen molar-refractivity contribution in [2.45, 2.75) is 10.6 Å². The molecule has 3 rings (SSSR count). The van der Waals surface area contributed by atoms with E-state index in [2.05, 4.69) is 25.4 Å². The van der Waals surface area contributed by atoms with Crippen molar-refractivity contribution in [3.05, 3.63) is 36.5 Å². The molecule has 3 aromatic rings. The van der Waals surface area contributed by atoms with Crippen LogP contribution in [0.1, 0.15) is 5.82 Å². The molecule has 20 heavy (non-hydrogen) atoms. The number of anilines is 1. The second-order valence-electron chi connectivity index (χ2n) is 4.22. The van der Waals surface area contributed by atoms with E-state index in [0.717, 1.165) is 27.6 Å². The number of aromatic nitrogens is 5. The Hall–Kier alpha value is -2.15. The number of nitrogens with one attached hydrogen (secondary N) is 1. The normalized spacial score (nSPS) is 10.9. The van der Waals surface area contributed by atoms with Crippen LogP contribution in [0.4, 0.5) is 5.82 Å². The topological polar surface area (TPSA) is 68.5 Å². The molecule has 0 aliphatic carbocycles. The van der Waals surface area contributed by atoms with Crippen LogP contribution in [0.2, 0.25) is 0 Å². The number of thioether (sulfide) groups is 1. The SMILES string of the molecule is CNc1nc(CSc2ccncc2)nc2c1cnn2C. The van der Waals surface area contributed by atoms with Gasteiger partial charge in [0.1, 0.15) is 11.6 Å². The Morgan fingerprint density at radius 3 is 2.80 bits per heavy atom. The lowest BCUT2D eigenvalue weighted by molar-refractivity contribution is 0.782. The molecular formula is C13H14N6S. The summed E-state index contributed by atoms with van der Waals surface area (Å²) in [6.45, 7) is 0. The molecule has 0 aliphatic rings. The molecule has 0 radical (unpaired) electrons. The van der Waals surface area contributed by atoms with Crippen molar-refractivity contribution in [2.75, 3.05) is 12.4 Å². The molecule has 7 heteroatoms. The first-order chi connectivity index (χ1) is 9.78. The van der Waals surface area contributed by atoms with Crippen molar-refractivity contribution in [3.63, 3.8) is 0 Å². The van der Waals surface area contributed by atoms with Gasteiger partial charge in [-0.3, -0.25) is 9.67 Å². The summed E-state index contributed by atoms with van der Waals surface area (Å²) >= 11 is 1.69. The molecule has 0 unspecified atom stereocenters. The third-order valence-electron chi connectivity index (χ3n) is 2.89. The minimum atomic E-state index is 0.708. The van der Waals surface area contributed by atoms with E-state index in [0.29, 0.717) is 5.75 Å². The van der Waals surface area contributed by atoms with Crippen LogP contribution in [0.3, 0.4) is 0 Å². The van der Waals surface area contributed by atoms with E-state index in [9.17, 15) is 0 Å². The summed E-state index contributed by atoms with van der Waals surface area (Å²) in [6, 6.07) is 3.96. The van der Waals surface area contributed by atoms with Gasteiger partial charge in [0.05, 0.1) is 17.3 Å². The molecule has 0 aliphatic heterocycles. The van der Waals surface area contributed by atoms with Crippen LogP contribution in [0.25, 0.3) is 11.0 Å². The van der Waals surface area contributed by atoms with Gasteiger partial charge in [0.15, 0.2) is 5.65 Å². The molecule has 0 fully saturated rings. The van der Waals surface area contributed by atoms with Gasteiger partial charge < -0.3 is 5.32 Å². The lowest BCUT2D eigenvalue weighted by atomic mass is 10.4. The van der Waals surface area contributed by atoms with Gasteiger partial charge in [-0.25, -0.2) is 9.97 Å². The number of rotatable bonds is 4. The minimum absolute atomic E-state index is 0.708. The van der Waals surface area contributed by atoms with Crippen LogP contribution in [0.5, 0.6) is 0 Å². The average Bonchev–Trinajstić information content (AvgIpc) is 2.87. The summed E-state index contributed by atoms with van der Waals surface area (Å²) in [5.41, 5.74) is 0.842. The summed E-state index contributed by atoms with van der Waals surface area (Å²) in [6.07, 6.45) is 5.35. The summed E-state index contributed by atoms with van der Waals surface area (Å²) in [5.74, 6) is 2.31. The maximum Gasteiger partial charge on any atom is 0.163 e. The highest BCUT2D eigenvalue weighted by molar-refractivity contribution is 7.98. The zero-order valence-electron chi connectivity index (χ0n) is 11.2. The molecule has 0 atom stereocenters. The van der Waals surface area contributed by atoms with E-state index < -0.39 is 0 Å². The van der Waals surface area contributed by atoms with Gasteiger partial charge in [-0.15, -0.1) is 11.8 Å². The molecule has 3 heterocycles. The molecule has 0 amide bonds. The number of hydrogen-bond donors (Lipinski definition) is 1. The van der Waals surface area contributed by atoms with Crippen molar-refractivity contribution in [2.24, 2.45) is 7.05 Å². The van der Waals surface area contributed by atoms with Crippen LogP contribution in [-0.4, -0.2) is 31.8 Å². The molecule has 0 saturated carbocycles. The molecule has 3 aromatic heterocycles. The standard InChI is InChI=1S/C13H14N6S/c1-14-12-10-7-16-19(2)13(10)18-11(17-12)8-20-9-3-5-15-6-4-9/h3-7H,8H2,1-2H3,(H,14,17,18). The van der Waals surface area contributed by atoms with Crippen LogP contribution in [0.15, 0.2) is 35.6 Å². The highest BCUT2D eigenvalue weighted by Crippen LogP contribution is 2.24. The first-order valence-corrected chi connectivity index (χ1v) is 7.15. The zero-order chi connectivity index (χ0) is 13.9. The number of pyridine rings is 1. The van der Waals surface area contributed by atoms with Gasteiger partial charge in [0.2, 0.25) is 0 Å². The molecule has 102 valence electrons. The van der Waals surface area contributed by atoms with Crippen molar-refractivity contribution < 1.29 is 0 Å². The van der Waals surface area contributed by atoms with Gasteiger partial charge in [-0.05, 0) is 12.1 Å². The molecular weight excluding hydrogens is 272 g/mol. The summed E-state index contributed by atoms with van der Waals surface area (Å²) in [7, 11) is 3.74. The van der Waals surface area contributed by atoms with E-state index >= 15 is 0 Å². The van der Waals surface area contributed by atoms with Crippen molar-refractivity contribution >= 4 is 28.6 Å². The molecule has 0 aromatic carbocycles. The third kappa shape index (κ3) is 2.44. The third-order valence-corrected chi connectivity index (χ3v) is 3.90. The summed E-state index contributed by atoms with van der Waals surface area (Å²) < 4.78 is 1.76. The zero-order valence-corrected chi connectivity index (χ0v) is 12.1. The highest BCUT2D eigenvalue weighted by atomic mass is 32.2. The Balaban J connectivity index is 1.89. The number of aryl methyl sites for hydroxylation is 1. The number of nitrogens with zero attached hydrogens (tertiary/aromatic N) is 5. The maximum absolute atomic E-state index is 4.57. The number of fused-ring (bicyclic) bond motifs is 1. The van der Waals surface area contributed by atoms with Crippen LogP contribution < -0.4 is 5.32 Å². The quantitative estimate of drug-likeness (QED) is 0.741. The van der Waals surface area contributed by atoms with Gasteiger partial charge >= 0.3 is 0 Å². The van der Waals surface area contributed by atoms with Crippen LogP contribution in [0, 0.1) is 0 Å². The fourth-order valence-corrected chi connectivity index (χ4v) is 2.64. The van der Waals surface area contributed by atoms with Crippen LogP contribution >= 0.6 is 11.8 Å². The van der Waals surface area contributed by atoms with Gasteiger partial charge in [0, 0.05) is 31.4 Å². The Bertz CT molecular complexity index is 724. The van der Waals surface area contributed by atoms with E-state index in [-0.39, 0.29) is 0 Å². The molecule has 0 saturated heterocycles. The van der Waals surface area contributed by atoms with Crippen molar-refractivity contribution in [3.8, 4) is 0 Å². The first kappa shape index (κ1) is 12.9. The minimum Gasteiger partial charge on any atom is -0.372 e. The monoisotopic (exact) mass is 286 g/mol. The Labute approximate surface area is 120 Å². The summed E-state index contributed by atoms with van der Waals surface area (Å²) in [5, 5.41) is 8.26. The van der Waals surface area contributed by atoms with Crippen molar-refractivity contribution in [1.82, 2.24) is 24.7 Å². The van der Waals surface area contributed by atoms with E-state index in [1.165, 1.54) is 0 Å². The van der Waals surface area contributed by atoms with E-state index in [1.54, 1.807) is 35.0 Å². The second-order valence-corrected chi connectivity index (χ2v) is 5.26. The molecule has 0 bridgehead atoms. The van der Waals surface area contributed by atoms with E-state index in [1.807, 2.05) is 26.2 Å². The Morgan fingerprint density at radius 2 is 2.05 bits per heavy atom. The Morgan fingerprint density at radius 1 is 1.25 bits per heavy atom. The van der Waals surface area contributed by atoms with Gasteiger partial charge in [0.25, 0.3) is 0 Å². The van der Waals surface area contributed by atoms with Crippen molar-refractivity contribution in [1.29, 1.82) is 0 Å². The maximum atomic E-state index is 4.57.